The van der Waals surface area contributed by atoms with Gasteiger partial charge in [0, 0.05) is 12.1 Å². The standard InChI is InChI=1S/C15H21FN2O/c1-17-9-12-3-2-8-18(10-12)11-15(19)13-4-6-14(16)7-5-13/h4-7,12,17H,2-3,8-11H2,1H3. The molecule has 19 heavy (non-hydrogen) atoms. The van der Waals surface area contributed by atoms with E-state index in [0.29, 0.717) is 18.0 Å². The number of hydrogen-bond donors (Lipinski definition) is 1. The zero-order valence-electron chi connectivity index (χ0n) is 11.4. The molecular formula is C15H21FN2O. The highest BCUT2D eigenvalue weighted by atomic mass is 19.1. The van der Waals surface area contributed by atoms with Crippen LogP contribution in [0.1, 0.15) is 23.2 Å². The van der Waals surface area contributed by atoms with Crippen molar-refractivity contribution in [1.29, 1.82) is 0 Å². The maximum Gasteiger partial charge on any atom is 0.176 e. The molecule has 1 aromatic carbocycles. The van der Waals surface area contributed by atoms with Crippen LogP contribution in [0.2, 0.25) is 0 Å². The van der Waals surface area contributed by atoms with E-state index < -0.39 is 0 Å². The van der Waals surface area contributed by atoms with Crippen molar-refractivity contribution >= 4 is 5.78 Å². The summed E-state index contributed by atoms with van der Waals surface area (Å²) in [7, 11) is 1.96. The molecule has 1 unspecified atom stereocenters. The largest absolute Gasteiger partial charge is 0.319 e. The van der Waals surface area contributed by atoms with Crippen LogP contribution in [0.5, 0.6) is 0 Å². The summed E-state index contributed by atoms with van der Waals surface area (Å²) in [6, 6.07) is 5.81. The van der Waals surface area contributed by atoms with Gasteiger partial charge in [-0.05, 0) is 63.2 Å². The molecule has 1 fully saturated rings. The summed E-state index contributed by atoms with van der Waals surface area (Å²) in [6.07, 6.45) is 2.37. The number of Topliss-reactive ketones (excluding diaryl/α,β-unsaturated/α-hetero) is 1. The number of nitrogens with one attached hydrogen (secondary N) is 1. The second-order valence-electron chi connectivity index (χ2n) is 5.23. The number of carbonyl (C=O) groups is 1. The third kappa shape index (κ3) is 4.11. The van der Waals surface area contributed by atoms with Gasteiger partial charge < -0.3 is 5.32 Å². The summed E-state index contributed by atoms with van der Waals surface area (Å²) >= 11 is 0. The maximum absolute atomic E-state index is 12.8. The van der Waals surface area contributed by atoms with Gasteiger partial charge in [0.2, 0.25) is 0 Å². The van der Waals surface area contributed by atoms with Crippen LogP contribution in [0.3, 0.4) is 0 Å². The van der Waals surface area contributed by atoms with Crippen LogP contribution >= 0.6 is 0 Å². The molecule has 0 amide bonds. The molecule has 104 valence electrons. The number of halogens is 1. The van der Waals surface area contributed by atoms with Gasteiger partial charge in [-0.25, -0.2) is 4.39 Å². The van der Waals surface area contributed by atoms with Crippen molar-refractivity contribution in [2.45, 2.75) is 12.8 Å². The minimum absolute atomic E-state index is 0.0742. The molecule has 0 spiro atoms. The molecule has 0 aliphatic carbocycles. The van der Waals surface area contributed by atoms with E-state index in [-0.39, 0.29) is 11.6 Å². The summed E-state index contributed by atoms with van der Waals surface area (Å²) in [5.41, 5.74) is 0.595. The number of ketones is 1. The SMILES string of the molecule is CNCC1CCCN(CC(=O)c2ccc(F)cc2)C1. The van der Waals surface area contributed by atoms with E-state index >= 15 is 0 Å². The Labute approximate surface area is 113 Å². The van der Waals surface area contributed by atoms with Gasteiger partial charge in [0.05, 0.1) is 6.54 Å². The summed E-state index contributed by atoms with van der Waals surface area (Å²) in [5, 5.41) is 3.20. The Morgan fingerprint density at radius 2 is 2.16 bits per heavy atom. The Bertz CT molecular complexity index is 417. The molecular weight excluding hydrogens is 243 g/mol. The van der Waals surface area contributed by atoms with Crippen LogP contribution in [-0.4, -0.2) is 43.9 Å². The molecule has 1 saturated heterocycles. The summed E-state index contributed by atoms with van der Waals surface area (Å²) in [6.45, 7) is 3.38. The Hall–Kier alpha value is -1.26. The first-order valence-corrected chi connectivity index (χ1v) is 6.85. The molecule has 1 aromatic rings. The summed E-state index contributed by atoms with van der Waals surface area (Å²) in [5.74, 6) is 0.397. The van der Waals surface area contributed by atoms with Crippen LogP contribution in [0, 0.1) is 11.7 Å². The van der Waals surface area contributed by atoms with Crippen LogP contribution in [0.4, 0.5) is 4.39 Å². The van der Waals surface area contributed by atoms with Crippen LogP contribution in [0.15, 0.2) is 24.3 Å². The predicted molar refractivity (Wildman–Crippen MR) is 73.8 cm³/mol. The Balaban J connectivity index is 1.89. The summed E-state index contributed by atoms with van der Waals surface area (Å²) < 4.78 is 12.8. The fourth-order valence-electron chi connectivity index (χ4n) is 2.68. The number of piperidine rings is 1. The average molecular weight is 264 g/mol. The second-order valence-corrected chi connectivity index (χ2v) is 5.23. The molecule has 0 bridgehead atoms. The van der Waals surface area contributed by atoms with Gasteiger partial charge in [0.15, 0.2) is 5.78 Å². The highest BCUT2D eigenvalue weighted by Crippen LogP contribution is 2.16. The lowest BCUT2D eigenvalue weighted by Crippen LogP contribution is -2.41. The normalized spacial score (nSPS) is 20.4. The summed E-state index contributed by atoms with van der Waals surface area (Å²) in [4.78, 5) is 14.3. The second kappa shape index (κ2) is 6.78. The molecule has 1 heterocycles. The van der Waals surface area contributed by atoms with Crippen molar-refractivity contribution < 1.29 is 9.18 Å². The minimum atomic E-state index is -0.302. The van der Waals surface area contributed by atoms with E-state index in [1.54, 1.807) is 12.1 Å². The van der Waals surface area contributed by atoms with Gasteiger partial charge in [-0.2, -0.15) is 0 Å². The van der Waals surface area contributed by atoms with Crippen LogP contribution in [-0.2, 0) is 0 Å². The van der Waals surface area contributed by atoms with Gasteiger partial charge in [0.25, 0.3) is 0 Å². The highest BCUT2D eigenvalue weighted by molar-refractivity contribution is 5.97. The van der Waals surface area contributed by atoms with E-state index in [4.69, 9.17) is 0 Å². The third-order valence-electron chi connectivity index (χ3n) is 3.63. The molecule has 0 radical (unpaired) electrons. The van der Waals surface area contributed by atoms with Crippen LogP contribution in [0.25, 0.3) is 0 Å². The van der Waals surface area contributed by atoms with Gasteiger partial charge in [-0.3, -0.25) is 9.69 Å². The fourth-order valence-corrected chi connectivity index (χ4v) is 2.68. The predicted octanol–water partition coefficient (Wildman–Crippen LogP) is 1.94. The van der Waals surface area contributed by atoms with Crippen molar-refractivity contribution in [3.8, 4) is 0 Å². The first-order valence-electron chi connectivity index (χ1n) is 6.85. The van der Waals surface area contributed by atoms with Crippen molar-refractivity contribution in [2.24, 2.45) is 5.92 Å². The van der Waals surface area contributed by atoms with Crippen molar-refractivity contribution in [3.05, 3.63) is 35.6 Å². The first kappa shape index (κ1) is 14.2. The minimum Gasteiger partial charge on any atom is -0.319 e. The Morgan fingerprint density at radius 3 is 2.84 bits per heavy atom. The molecule has 1 N–H and O–H groups in total. The Morgan fingerprint density at radius 1 is 1.42 bits per heavy atom. The lowest BCUT2D eigenvalue weighted by molar-refractivity contribution is 0.0886. The molecule has 4 heteroatoms. The zero-order valence-corrected chi connectivity index (χ0v) is 11.4. The van der Waals surface area contributed by atoms with Crippen molar-refractivity contribution in [1.82, 2.24) is 10.2 Å². The monoisotopic (exact) mass is 264 g/mol. The maximum atomic E-state index is 12.8. The molecule has 3 nitrogen and oxygen atoms in total. The molecule has 1 aliphatic rings. The van der Waals surface area contributed by atoms with Gasteiger partial charge in [-0.1, -0.05) is 0 Å². The first-order chi connectivity index (χ1) is 9.19. The molecule has 0 aromatic heterocycles. The zero-order chi connectivity index (χ0) is 13.7. The van der Waals surface area contributed by atoms with Gasteiger partial charge >= 0.3 is 0 Å². The van der Waals surface area contributed by atoms with Gasteiger partial charge in [0.1, 0.15) is 5.82 Å². The number of nitrogens with zero attached hydrogens (tertiary/aromatic N) is 1. The number of rotatable bonds is 5. The number of carbonyl (C=O) groups excluding carboxylic acids is 1. The lowest BCUT2D eigenvalue weighted by Gasteiger charge is -2.32. The number of likely N-dealkylation sites (tertiary alicyclic amines) is 1. The highest BCUT2D eigenvalue weighted by Gasteiger charge is 2.21. The third-order valence-corrected chi connectivity index (χ3v) is 3.63. The van der Waals surface area contributed by atoms with E-state index in [0.717, 1.165) is 26.1 Å². The Kier molecular flexibility index (Phi) is 5.05. The molecule has 2 rings (SSSR count). The topological polar surface area (TPSA) is 32.3 Å². The lowest BCUT2D eigenvalue weighted by atomic mass is 9.97. The van der Waals surface area contributed by atoms with E-state index in [9.17, 15) is 9.18 Å². The molecule has 1 aliphatic heterocycles. The molecule has 0 saturated carbocycles. The van der Waals surface area contributed by atoms with Crippen LogP contribution < -0.4 is 5.32 Å². The van der Waals surface area contributed by atoms with Crippen molar-refractivity contribution in [3.63, 3.8) is 0 Å². The quantitative estimate of drug-likeness (QED) is 0.825. The van der Waals surface area contributed by atoms with E-state index in [2.05, 4.69) is 10.2 Å². The smallest absolute Gasteiger partial charge is 0.176 e. The van der Waals surface area contributed by atoms with Crippen molar-refractivity contribution in [2.75, 3.05) is 33.2 Å². The number of hydrogen-bond acceptors (Lipinski definition) is 3. The van der Waals surface area contributed by atoms with Gasteiger partial charge in [-0.15, -0.1) is 0 Å². The number of benzene rings is 1. The van der Waals surface area contributed by atoms with E-state index in [1.807, 2.05) is 7.05 Å². The fraction of sp³-hybridized carbons (Fsp3) is 0.533. The van der Waals surface area contributed by atoms with E-state index in [1.165, 1.54) is 18.6 Å². The average Bonchev–Trinajstić information content (AvgIpc) is 2.40. The molecule has 1 atom stereocenters.